The van der Waals surface area contributed by atoms with Gasteiger partial charge >= 0.3 is 0 Å². The van der Waals surface area contributed by atoms with Gasteiger partial charge in [-0.05, 0) is 36.6 Å². The van der Waals surface area contributed by atoms with E-state index < -0.39 is 0 Å². The van der Waals surface area contributed by atoms with Crippen LogP contribution in [0.3, 0.4) is 0 Å². The summed E-state index contributed by atoms with van der Waals surface area (Å²) in [5, 5.41) is 3.45. The second kappa shape index (κ2) is 8.81. The highest BCUT2D eigenvalue weighted by molar-refractivity contribution is 6.31. The van der Waals surface area contributed by atoms with E-state index in [-0.39, 0.29) is 11.8 Å². The van der Waals surface area contributed by atoms with Crippen molar-refractivity contribution in [3.05, 3.63) is 64.4 Å². The van der Waals surface area contributed by atoms with Gasteiger partial charge in [0.1, 0.15) is 5.69 Å². The lowest BCUT2D eigenvalue weighted by atomic mass is 10.2. The Balaban J connectivity index is 1.67. The van der Waals surface area contributed by atoms with Crippen molar-refractivity contribution in [2.45, 2.75) is 32.2 Å². The maximum Gasteiger partial charge on any atom is 0.272 e. The van der Waals surface area contributed by atoms with Gasteiger partial charge in [-0.1, -0.05) is 42.6 Å². The molecule has 1 aromatic carbocycles. The first-order valence-corrected chi connectivity index (χ1v) is 9.30. The van der Waals surface area contributed by atoms with Gasteiger partial charge in [0, 0.05) is 36.4 Å². The van der Waals surface area contributed by atoms with E-state index in [1.54, 1.807) is 18.2 Å². The van der Waals surface area contributed by atoms with Gasteiger partial charge in [0.15, 0.2) is 0 Å². The normalized spacial score (nSPS) is 14.6. The van der Waals surface area contributed by atoms with Crippen LogP contribution in [0.1, 0.15) is 52.1 Å². The minimum absolute atomic E-state index is 0.104. The largest absolute Gasteiger partial charge is 0.348 e. The molecule has 6 heteroatoms. The highest BCUT2D eigenvalue weighted by Gasteiger charge is 2.19. The molecular formula is C20H22ClN3O2. The quantitative estimate of drug-likeness (QED) is 0.891. The van der Waals surface area contributed by atoms with Gasteiger partial charge in [-0.25, -0.2) is 0 Å². The summed E-state index contributed by atoms with van der Waals surface area (Å²) in [7, 11) is 0. The Morgan fingerprint density at radius 3 is 2.54 bits per heavy atom. The van der Waals surface area contributed by atoms with E-state index in [1.807, 2.05) is 23.1 Å². The number of pyridine rings is 1. The third-order valence-electron chi connectivity index (χ3n) is 4.53. The average molecular weight is 372 g/mol. The molecule has 1 aliphatic rings. The molecule has 1 N–H and O–H groups in total. The lowest BCUT2D eigenvalue weighted by Crippen LogP contribution is -2.32. The zero-order valence-corrected chi connectivity index (χ0v) is 15.3. The molecule has 136 valence electrons. The van der Waals surface area contributed by atoms with Crippen LogP contribution in [-0.2, 0) is 6.54 Å². The van der Waals surface area contributed by atoms with Crippen molar-refractivity contribution in [1.82, 2.24) is 15.2 Å². The summed E-state index contributed by atoms with van der Waals surface area (Å²) in [6, 6.07) is 10.5. The number of nitrogens with one attached hydrogen (secondary N) is 1. The summed E-state index contributed by atoms with van der Waals surface area (Å²) in [6.07, 6.45) is 5.85. The molecule has 2 heterocycles. The molecule has 5 nitrogen and oxygen atoms in total. The highest BCUT2D eigenvalue weighted by atomic mass is 35.5. The fraction of sp³-hybridized carbons (Fsp3) is 0.350. The van der Waals surface area contributed by atoms with E-state index in [0.29, 0.717) is 22.8 Å². The van der Waals surface area contributed by atoms with Gasteiger partial charge in [-0.15, -0.1) is 0 Å². The number of hydrogen-bond acceptors (Lipinski definition) is 3. The standard InChI is InChI=1S/C20H22ClN3O2/c21-17-8-4-3-7-16(17)14-23-19(25)15-9-10-22-18(13-15)20(26)24-11-5-1-2-6-12-24/h3-4,7-10,13H,1-2,5-6,11-12,14H2,(H,23,25). The van der Waals surface area contributed by atoms with E-state index in [4.69, 9.17) is 11.6 Å². The Labute approximate surface area is 158 Å². The first kappa shape index (κ1) is 18.4. The van der Waals surface area contributed by atoms with E-state index in [1.165, 1.54) is 6.20 Å². The molecule has 2 amide bonds. The SMILES string of the molecule is O=C(NCc1ccccc1Cl)c1ccnc(C(=O)N2CCCCCC2)c1. The van der Waals surface area contributed by atoms with Crippen LogP contribution in [0, 0.1) is 0 Å². The summed E-state index contributed by atoms with van der Waals surface area (Å²) in [4.78, 5) is 31.1. The molecule has 1 fully saturated rings. The molecule has 0 saturated carbocycles. The van der Waals surface area contributed by atoms with Crippen LogP contribution in [0.5, 0.6) is 0 Å². The highest BCUT2D eigenvalue weighted by Crippen LogP contribution is 2.15. The van der Waals surface area contributed by atoms with Crippen LogP contribution < -0.4 is 5.32 Å². The first-order chi connectivity index (χ1) is 12.6. The second-order valence-electron chi connectivity index (χ2n) is 6.41. The molecule has 0 spiro atoms. The van der Waals surface area contributed by atoms with Crippen molar-refractivity contribution >= 4 is 23.4 Å². The van der Waals surface area contributed by atoms with Gasteiger partial charge in [-0.3, -0.25) is 14.6 Å². The zero-order valence-electron chi connectivity index (χ0n) is 14.6. The van der Waals surface area contributed by atoms with Crippen LogP contribution in [0.25, 0.3) is 0 Å². The van der Waals surface area contributed by atoms with Crippen LogP contribution in [0.4, 0.5) is 0 Å². The van der Waals surface area contributed by atoms with Crippen LogP contribution in [-0.4, -0.2) is 34.8 Å². The first-order valence-electron chi connectivity index (χ1n) is 8.92. The van der Waals surface area contributed by atoms with Crippen molar-refractivity contribution in [3.8, 4) is 0 Å². The number of rotatable bonds is 4. The predicted octanol–water partition coefficient (Wildman–Crippen LogP) is 3.68. The van der Waals surface area contributed by atoms with E-state index in [9.17, 15) is 9.59 Å². The average Bonchev–Trinajstić information content (AvgIpc) is 2.96. The molecule has 0 bridgehead atoms. The van der Waals surface area contributed by atoms with E-state index in [2.05, 4.69) is 10.3 Å². The van der Waals surface area contributed by atoms with Crippen molar-refractivity contribution in [1.29, 1.82) is 0 Å². The lowest BCUT2D eigenvalue weighted by molar-refractivity contribution is 0.0755. The third kappa shape index (κ3) is 4.61. The van der Waals surface area contributed by atoms with Crippen molar-refractivity contribution < 1.29 is 9.59 Å². The van der Waals surface area contributed by atoms with Gasteiger partial charge in [0.25, 0.3) is 11.8 Å². The maximum atomic E-state index is 12.7. The minimum Gasteiger partial charge on any atom is -0.348 e. The predicted molar refractivity (Wildman–Crippen MR) is 101 cm³/mol. The Bertz CT molecular complexity index is 786. The molecule has 2 aromatic rings. The smallest absolute Gasteiger partial charge is 0.272 e. The molecule has 0 unspecified atom stereocenters. The summed E-state index contributed by atoms with van der Waals surface area (Å²) in [5.41, 5.74) is 1.58. The number of benzene rings is 1. The van der Waals surface area contributed by atoms with Crippen LogP contribution >= 0.6 is 11.6 Å². The monoisotopic (exact) mass is 371 g/mol. The van der Waals surface area contributed by atoms with Crippen molar-refractivity contribution in [2.24, 2.45) is 0 Å². The maximum absolute atomic E-state index is 12.7. The minimum atomic E-state index is -0.253. The number of carbonyl (C=O) groups excluding carboxylic acids is 2. The number of aromatic nitrogens is 1. The number of carbonyl (C=O) groups is 2. The van der Waals surface area contributed by atoms with Crippen LogP contribution in [0.2, 0.25) is 5.02 Å². The fourth-order valence-corrected chi connectivity index (χ4v) is 3.25. The van der Waals surface area contributed by atoms with E-state index >= 15 is 0 Å². The summed E-state index contributed by atoms with van der Waals surface area (Å²) >= 11 is 6.11. The number of amides is 2. The van der Waals surface area contributed by atoms with Crippen molar-refractivity contribution in [3.63, 3.8) is 0 Å². The molecule has 0 atom stereocenters. The number of halogens is 1. The molecule has 3 rings (SSSR count). The second-order valence-corrected chi connectivity index (χ2v) is 6.82. The molecular weight excluding hydrogens is 350 g/mol. The topological polar surface area (TPSA) is 62.3 Å². The zero-order chi connectivity index (χ0) is 18.4. The number of nitrogens with zero attached hydrogens (tertiary/aromatic N) is 2. The Hall–Kier alpha value is -2.40. The molecule has 26 heavy (non-hydrogen) atoms. The fourth-order valence-electron chi connectivity index (χ4n) is 3.04. The number of hydrogen-bond donors (Lipinski definition) is 1. The Kier molecular flexibility index (Phi) is 6.23. The molecule has 1 aliphatic heterocycles. The lowest BCUT2D eigenvalue weighted by Gasteiger charge is -2.19. The molecule has 0 radical (unpaired) electrons. The number of likely N-dealkylation sites (tertiary alicyclic amines) is 1. The van der Waals surface area contributed by atoms with E-state index in [0.717, 1.165) is 44.3 Å². The third-order valence-corrected chi connectivity index (χ3v) is 4.90. The van der Waals surface area contributed by atoms with Gasteiger partial charge in [0.2, 0.25) is 0 Å². The molecule has 1 aromatic heterocycles. The van der Waals surface area contributed by atoms with Crippen LogP contribution in [0.15, 0.2) is 42.6 Å². The Morgan fingerprint density at radius 2 is 1.81 bits per heavy atom. The van der Waals surface area contributed by atoms with Gasteiger partial charge in [-0.2, -0.15) is 0 Å². The van der Waals surface area contributed by atoms with Gasteiger partial charge < -0.3 is 10.2 Å². The van der Waals surface area contributed by atoms with Crippen molar-refractivity contribution in [2.75, 3.05) is 13.1 Å². The summed E-state index contributed by atoms with van der Waals surface area (Å²) in [5.74, 6) is -0.357. The molecule has 0 aliphatic carbocycles. The van der Waals surface area contributed by atoms with Gasteiger partial charge in [0.05, 0.1) is 0 Å². The molecule has 1 saturated heterocycles. The Morgan fingerprint density at radius 1 is 1.08 bits per heavy atom. The summed E-state index contributed by atoms with van der Waals surface area (Å²) in [6.45, 7) is 1.84. The summed E-state index contributed by atoms with van der Waals surface area (Å²) < 4.78 is 0.